The van der Waals surface area contributed by atoms with Gasteiger partial charge in [-0.1, -0.05) is 12.1 Å². The largest absolute Gasteiger partial charge is 0.497 e. The van der Waals surface area contributed by atoms with E-state index in [1.807, 2.05) is 0 Å². The Labute approximate surface area is 152 Å². The average Bonchev–Trinajstić information content (AvgIpc) is 2.69. The molecular weight excluding hydrogens is 356 g/mol. The normalized spacial score (nSPS) is 15.4. The van der Waals surface area contributed by atoms with Crippen LogP contribution in [0.5, 0.6) is 5.75 Å². The number of morpholine rings is 1. The molecule has 2 aromatic rings. The van der Waals surface area contributed by atoms with Crippen molar-refractivity contribution < 1.29 is 22.7 Å². The summed E-state index contributed by atoms with van der Waals surface area (Å²) in [7, 11) is -2.21. The molecule has 0 atom stereocenters. The molecule has 3 rings (SSSR count). The van der Waals surface area contributed by atoms with E-state index < -0.39 is 15.9 Å². The van der Waals surface area contributed by atoms with Gasteiger partial charge in [-0.25, -0.2) is 8.42 Å². The predicted molar refractivity (Wildman–Crippen MR) is 97.0 cm³/mol. The van der Waals surface area contributed by atoms with Gasteiger partial charge in [-0.2, -0.15) is 4.31 Å². The fraction of sp³-hybridized carbons (Fsp3) is 0.278. The molecule has 1 N–H and O–H groups in total. The number of sulfonamides is 1. The molecule has 0 unspecified atom stereocenters. The minimum absolute atomic E-state index is 0.00656. The maximum absolute atomic E-state index is 12.9. The maximum Gasteiger partial charge on any atom is 0.257 e. The molecule has 1 amide bonds. The van der Waals surface area contributed by atoms with Gasteiger partial charge in [-0.3, -0.25) is 4.79 Å². The van der Waals surface area contributed by atoms with Crippen molar-refractivity contribution in [2.24, 2.45) is 0 Å². The van der Waals surface area contributed by atoms with Crippen LogP contribution in [-0.4, -0.2) is 52.0 Å². The summed E-state index contributed by atoms with van der Waals surface area (Å²) in [5, 5.41) is 2.72. The first-order valence-corrected chi connectivity index (χ1v) is 9.59. The fourth-order valence-electron chi connectivity index (χ4n) is 2.68. The van der Waals surface area contributed by atoms with E-state index in [0.717, 1.165) is 0 Å². The number of nitrogens with one attached hydrogen (secondary N) is 1. The van der Waals surface area contributed by atoms with E-state index in [4.69, 9.17) is 9.47 Å². The van der Waals surface area contributed by atoms with Crippen LogP contribution in [-0.2, 0) is 14.8 Å². The van der Waals surface area contributed by atoms with Crippen LogP contribution in [0.3, 0.4) is 0 Å². The molecule has 1 saturated heterocycles. The van der Waals surface area contributed by atoms with Gasteiger partial charge >= 0.3 is 0 Å². The van der Waals surface area contributed by atoms with E-state index >= 15 is 0 Å². The Balaban J connectivity index is 1.87. The maximum atomic E-state index is 12.9. The quantitative estimate of drug-likeness (QED) is 0.862. The van der Waals surface area contributed by atoms with E-state index in [0.29, 0.717) is 24.7 Å². The van der Waals surface area contributed by atoms with Crippen LogP contribution < -0.4 is 10.1 Å². The van der Waals surface area contributed by atoms with Crippen LogP contribution in [0, 0.1) is 0 Å². The lowest BCUT2D eigenvalue weighted by molar-refractivity contribution is 0.0730. The molecule has 0 aromatic heterocycles. The van der Waals surface area contributed by atoms with Crippen LogP contribution in [0.4, 0.5) is 5.69 Å². The highest BCUT2D eigenvalue weighted by Crippen LogP contribution is 2.23. The van der Waals surface area contributed by atoms with Crippen LogP contribution in [0.25, 0.3) is 0 Å². The number of carbonyl (C=O) groups excluding carboxylic acids is 1. The molecule has 0 spiro atoms. The van der Waals surface area contributed by atoms with E-state index in [9.17, 15) is 13.2 Å². The Morgan fingerprint density at radius 3 is 2.38 bits per heavy atom. The molecule has 7 nitrogen and oxygen atoms in total. The third-order valence-corrected chi connectivity index (χ3v) is 6.02. The van der Waals surface area contributed by atoms with Gasteiger partial charge in [-0.05, 0) is 36.4 Å². The van der Waals surface area contributed by atoms with E-state index in [-0.39, 0.29) is 23.5 Å². The lowest BCUT2D eigenvalue weighted by atomic mass is 10.2. The highest BCUT2D eigenvalue weighted by Gasteiger charge is 2.30. The SMILES string of the molecule is COc1ccc(NC(=O)c2ccccc2S(=O)(=O)N2CCOCC2)cc1. The lowest BCUT2D eigenvalue weighted by Gasteiger charge is -2.26. The number of methoxy groups -OCH3 is 1. The first-order valence-electron chi connectivity index (χ1n) is 8.15. The van der Waals surface area contributed by atoms with Crippen LogP contribution in [0.1, 0.15) is 10.4 Å². The van der Waals surface area contributed by atoms with Crippen molar-refractivity contribution in [1.82, 2.24) is 4.31 Å². The molecule has 0 aliphatic carbocycles. The molecule has 1 aliphatic heterocycles. The van der Waals surface area contributed by atoms with Gasteiger partial charge in [0.2, 0.25) is 10.0 Å². The van der Waals surface area contributed by atoms with Gasteiger partial charge in [0.05, 0.1) is 30.8 Å². The second kappa shape index (κ2) is 7.86. The molecule has 138 valence electrons. The van der Waals surface area contributed by atoms with Crippen LogP contribution >= 0.6 is 0 Å². The van der Waals surface area contributed by atoms with E-state index in [1.165, 1.54) is 16.4 Å². The molecule has 2 aromatic carbocycles. The number of carbonyl (C=O) groups is 1. The lowest BCUT2D eigenvalue weighted by Crippen LogP contribution is -2.41. The van der Waals surface area contributed by atoms with Crippen molar-refractivity contribution in [2.45, 2.75) is 4.90 Å². The Kier molecular flexibility index (Phi) is 5.55. The summed E-state index contributed by atoms with van der Waals surface area (Å²) in [4.78, 5) is 12.7. The number of rotatable bonds is 5. The topological polar surface area (TPSA) is 84.9 Å². The molecule has 1 fully saturated rings. The average molecular weight is 376 g/mol. The summed E-state index contributed by atoms with van der Waals surface area (Å²) in [6.45, 7) is 1.24. The number of ether oxygens (including phenoxy) is 2. The van der Waals surface area contributed by atoms with Gasteiger partial charge < -0.3 is 14.8 Å². The smallest absolute Gasteiger partial charge is 0.257 e. The summed E-state index contributed by atoms with van der Waals surface area (Å²) in [6, 6.07) is 13.0. The van der Waals surface area contributed by atoms with E-state index in [2.05, 4.69) is 5.32 Å². The standard InChI is InChI=1S/C18H20N2O5S/c1-24-15-8-6-14(7-9-15)19-18(21)16-4-2-3-5-17(16)26(22,23)20-10-12-25-13-11-20/h2-9H,10-13H2,1H3,(H,19,21). The number of hydrogen-bond acceptors (Lipinski definition) is 5. The Morgan fingerprint density at radius 1 is 1.08 bits per heavy atom. The minimum atomic E-state index is -3.77. The number of benzene rings is 2. The highest BCUT2D eigenvalue weighted by molar-refractivity contribution is 7.89. The number of anilines is 1. The molecular formula is C18H20N2O5S. The number of hydrogen-bond donors (Lipinski definition) is 1. The summed E-state index contributed by atoms with van der Waals surface area (Å²) < 4.78 is 37.5. The van der Waals surface area contributed by atoms with Crippen molar-refractivity contribution >= 4 is 21.6 Å². The van der Waals surface area contributed by atoms with Gasteiger partial charge in [0, 0.05) is 18.8 Å². The van der Waals surface area contributed by atoms with Crippen molar-refractivity contribution in [3.63, 3.8) is 0 Å². The molecule has 8 heteroatoms. The monoisotopic (exact) mass is 376 g/mol. The summed E-state index contributed by atoms with van der Waals surface area (Å²) in [6.07, 6.45) is 0. The molecule has 1 aliphatic rings. The van der Waals surface area contributed by atoms with Crippen LogP contribution in [0.15, 0.2) is 53.4 Å². The zero-order valence-corrected chi connectivity index (χ0v) is 15.2. The summed E-state index contributed by atoms with van der Waals surface area (Å²) in [5.74, 6) is 0.181. The van der Waals surface area contributed by atoms with Gasteiger partial charge in [-0.15, -0.1) is 0 Å². The zero-order chi connectivity index (χ0) is 18.6. The molecule has 0 saturated carbocycles. The predicted octanol–water partition coefficient (Wildman–Crippen LogP) is 1.97. The number of amides is 1. The first-order chi connectivity index (χ1) is 12.5. The highest BCUT2D eigenvalue weighted by atomic mass is 32.2. The molecule has 26 heavy (non-hydrogen) atoms. The van der Waals surface area contributed by atoms with Crippen molar-refractivity contribution in [3.05, 3.63) is 54.1 Å². The summed E-state index contributed by atoms with van der Waals surface area (Å²) in [5.41, 5.74) is 0.657. The third kappa shape index (κ3) is 3.87. The van der Waals surface area contributed by atoms with Gasteiger partial charge in [0.1, 0.15) is 5.75 Å². The third-order valence-electron chi connectivity index (χ3n) is 4.07. The van der Waals surface area contributed by atoms with Crippen molar-refractivity contribution in [2.75, 3.05) is 38.7 Å². The molecule has 1 heterocycles. The minimum Gasteiger partial charge on any atom is -0.497 e. The van der Waals surface area contributed by atoms with Gasteiger partial charge in [0.15, 0.2) is 0 Å². The zero-order valence-electron chi connectivity index (χ0n) is 14.3. The number of nitrogens with zero attached hydrogens (tertiary/aromatic N) is 1. The molecule has 0 radical (unpaired) electrons. The second-order valence-electron chi connectivity index (χ2n) is 5.70. The Morgan fingerprint density at radius 2 is 1.73 bits per heavy atom. The van der Waals surface area contributed by atoms with Crippen LogP contribution in [0.2, 0.25) is 0 Å². The fourth-order valence-corrected chi connectivity index (χ4v) is 4.28. The van der Waals surface area contributed by atoms with Gasteiger partial charge in [0.25, 0.3) is 5.91 Å². The Hall–Kier alpha value is -2.42. The first kappa shape index (κ1) is 18.4. The summed E-state index contributed by atoms with van der Waals surface area (Å²) >= 11 is 0. The van der Waals surface area contributed by atoms with E-state index in [1.54, 1.807) is 43.5 Å². The second-order valence-corrected chi connectivity index (χ2v) is 7.60. The molecule has 0 bridgehead atoms. The van der Waals surface area contributed by atoms with Crippen molar-refractivity contribution in [1.29, 1.82) is 0 Å². The van der Waals surface area contributed by atoms with Crippen molar-refractivity contribution in [3.8, 4) is 5.75 Å². The Bertz CT molecular complexity index is 875.